The van der Waals surface area contributed by atoms with E-state index >= 15 is 0 Å². The van der Waals surface area contributed by atoms with Crippen LogP contribution in [-0.4, -0.2) is 9.55 Å². The molecule has 0 spiro atoms. The van der Waals surface area contributed by atoms with E-state index in [0.717, 1.165) is 10.1 Å². The van der Waals surface area contributed by atoms with Gasteiger partial charge in [-0.1, -0.05) is 23.7 Å². The lowest BCUT2D eigenvalue weighted by Crippen LogP contribution is -2.20. The normalized spacial score (nSPS) is 12.9. The molecule has 0 radical (unpaired) electrons. The van der Waals surface area contributed by atoms with E-state index < -0.39 is 6.55 Å². The van der Waals surface area contributed by atoms with Gasteiger partial charge in [0.15, 0.2) is 0 Å². The Kier molecular flexibility index (Phi) is 4.50. The van der Waals surface area contributed by atoms with Crippen LogP contribution in [0, 0.1) is 0 Å². The van der Waals surface area contributed by atoms with Crippen molar-refractivity contribution < 1.29 is 8.78 Å². The molecule has 1 atom stereocenters. The van der Waals surface area contributed by atoms with Crippen LogP contribution in [0.1, 0.15) is 30.9 Å². The van der Waals surface area contributed by atoms with E-state index in [1.165, 1.54) is 12.4 Å². The van der Waals surface area contributed by atoms with Gasteiger partial charge in [-0.15, -0.1) is 0 Å². The van der Waals surface area contributed by atoms with Crippen molar-refractivity contribution in [2.75, 3.05) is 0 Å². The van der Waals surface area contributed by atoms with Gasteiger partial charge >= 0.3 is 6.55 Å². The summed E-state index contributed by atoms with van der Waals surface area (Å²) in [4.78, 5) is 3.92. The maximum atomic E-state index is 12.6. The fourth-order valence-electron chi connectivity index (χ4n) is 1.80. The topological polar surface area (TPSA) is 29.9 Å². The zero-order valence-electron chi connectivity index (χ0n) is 10.4. The standard InChI is InChI=1S/C13H14ClF2N3/c1-9(10-3-2-4-11(14)7-10)18-8-12-17-5-6-19(12)13(15)16/h2-7,9,13,18H,8H2,1H3. The summed E-state index contributed by atoms with van der Waals surface area (Å²) in [5.74, 6) is 0.309. The zero-order valence-corrected chi connectivity index (χ0v) is 11.1. The Morgan fingerprint density at radius 1 is 1.42 bits per heavy atom. The quantitative estimate of drug-likeness (QED) is 0.906. The van der Waals surface area contributed by atoms with Gasteiger partial charge in [-0.25, -0.2) is 4.98 Å². The highest BCUT2D eigenvalue weighted by atomic mass is 35.5. The molecule has 3 nitrogen and oxygen atoms in total. The van der Waals surface area contributed by atoms with Crippen molar-refractivity contribution in [3.05, 3.63) is 53.1 Å². The summed E-state index contributed by atoms with van der Waals surface area (Å²) in [7, 11) is 0. The van der Waals surface area contributed by atoms with E-state index in [-0.39, 0.29) is 12.6 Å². The number of hydrogen-bond acceptors (Lipinski definition) is 2. The predicted molar refractivity (Wildman–Crippen MR) is 70.2 cm³/mol. The summed E-state index contributed by atoms with van der Waals surface area (Å²) in [5.41, 5.74) is 1.00. The average Bonchev–Trinajstić information content (AvgIpc) is 2.84. The Balaban J connectivity index is 2.00. The Morgan fingerprint density at radius 2 is 2.21 bits per heavy atom. The molecule has 102 valence electrons. The van der Waals surface area contributed by atoms with Gasteiger partial charge in [0.2, 0.25) is 0 Å². The van der Waals surface area contributed by atoms with Gasteiger partial charge in [-0.2, -0.15) is 8.78 Å². The Labute approximate surface area is 115 Å². The summed E-state index contributed by atoms with van der Waals surface area (Å²) >= 11 is 5.91. The molecule has 0 amide bonds. The monoisotopic (exact) mass is 285 g/mol. The molecule has 19 heavy (non-hydrogen) atoms. The third-order valence-corrected chi connectivity index (χ3v) is 3.11. The lowest BCUT2D eigenvalue weighted by atomic mass is 10.1. The minimum Gasteiger partial charge on any atom is -0.303 e. The first-order chi connectivity index (χ1) is 9.08. The van der Waals surface area contributed by atoms with E-state index in [9.17, 15) is 8.78 Å². The number of nitrogens with zero attached hydrogens (tertiary/aromatic N) is 2. The first kappa shape index (κ1) is 14.0. The fourth-order valence-corrected chi connectivity index (χ4v) is 2.00. The Bertz CT molecular complexity index is 542. The number of aromatic nitrogens is 2. The molecule has 0 aliphatic carbocycles. The van der Waals surface area contributed by atoms with Crippen molar-refractivity contribution in [3.8, 4) is 0 Å². The van der Waals surface area contributed by atoms with Crippen LogP contribution in [0.5, 0.6) is 0 Å². The average molecular weight is 286 g/mol. The minimum absolute atomic E-state index is 0.00141. The summed E-state index contributed by atoms with van der Waals surface area (Å²) in [6.07, 6.45) is 2.64. The molecular weight excluding hydrogens is 272 g/mol. The van der Waals surface area contributed by atoms with Crippen LogP contribution in [0.4, 0.5) is 8.78 Å². The van der Waals surface area contributed by atoms with Crippen LogP contribution >= 0.6 is 11.6 Å². The maximum Gasteiger partial charge on any atom is 0.319 e. The van der Waals surface area contributed by atoms with Gasteiger partial charge in [0.1, 0.15) is 5.82 Å². The SMILES string of the molecule is CC(NCc1nccn1C(F)F)c1cccc(Cl)c1. The van der Waals surface area contributed by atoms with Gasteiger partial charge in [0.05, 0.1) is 6.54 Å². The van der Waals surface area contributed by atoms with E-state index in [4.69, 9.17) is 11.6 Å². The number of alkyl halides is 2. The van der Waals surface area contributed by atoms with Crippen molar-refractivity contribution in [1.82, 2.24) is 14.9 Å². The molecule has 2 rings (SSSR count). The van der Waals surface area contributed by atoms with Crippen molar-refractivity contribution in [2.45, 2.75) is 26.1 Å². The first-order valence-corrected chi connectivity index (χ1v) is 6.24. The Hall–Kier alpha value is -1.46. The predicted octanol–water partition coefficient (Wildman–Crippen LogP) is 3.78. The number of imidazole rings is 1. The molecular formula is C13H14ClF2N3. The summed E-state index contributed by atoms with van der Waals surface area (Å²) in [6, 6.07) is 7.43. The second-order valence-corrected chi connectivity index (χ2v) is 4.62. The van der Waals surface area contributed by atoms with Gasteiger partial charge < -0.3 is 5.32 Å². The molecule has 0 saturated heterocycles. The third-order valence-electron chi connectivity index (χ3n) is 2.87. The lowest BCUT2D eigenvalue weighted by Gasteiger charge is -2.15. The minimum atomic E-state index is -2.57. The summed E-state index contributed by atoms with van der Waals surface area (Å²) < 4.78 is 26.1. The second-order valence-electron chi connectivity index (χ2n) is 4.19. The highest BCUT2D eigenvalue weighted by molar-refractivity contribution is 6.30. The molecule has 1 N–H and O–H groups in total. The molecule has 0 saturated carbocycles. The first-order valence-electron chi connectivity index (χ1n) is 5.86. The molecule has 6 heteroatoms. The van der Waals surface area contributed by atoms with Crippen LogP contribution < -0.4 is 5.32 Å². The maximum absolute atomic E-state index is 12.6. The molecule has 1 heterocycles. The van der Waals surface area contributed by atoms with Crippen LogP contribution in [-0.2, 0) is 6.54 Å². The third kappa shape index (κ3) is 3.52. The van der Waals surface area contributed by atoms with Crippen LogP contribution in [0.25, 0.3) is 0 Å². The molecule has 1 unspecified atom stereocenters. The molecule has 1 aromatic carbocycles. The summed E-state index contributed by atoms with van der Waals surface area (Å²) in [5, 5.41) is 3.80. The highest BCUT2D eigenvalue weighted by Gasteiger charge is 2.12. The second kappa shape index (κ2) is 6.12. The zero-order chi connectivity index (χ0) is 13.8. The molecule has 0 aliphatic heterocycles. The van der Waals surface area contributed by atoms with E-state index in [1.54, 1.807) is 6.07 Å². The van der Waals surface area contributed by atoms with Crippen LogP contribution in [0.15, 0.2) is 36.7 Å². The number of halogens is 3. The van der Waals surface area contributed by atoms with Gasteiger partial charge in [0, 0.05) is 23.5 Å². The van der Waals surface area contributed by atoms with E-state index in [1.807, 2.05) is 25.1 Å². The number of benzene rings is 1. The van der Waals surface area contributed by atoms with E-state index in [2.05, 4.69) is 10.3 Å². The molecule has 0 aliphatic rings. The molecule has 2 aromatic rings. The van der Waals surface area contributed by atoms with Gasteiger partial charge in [0.25, 0.3) is 0 Å². The molecule has 0 fully saturated rings. The highest BCUT2D eigenvalue weighted by Crippen LogP contribution is 2.18. The molecule has 0 bridgehead atoms. The van der Waals surface area contributed by atoms with Crippen LogP contribution in [0.3, 0.4) is 0 Å². The van der Waals surface area contributed by atoms with E-state index in [0.29, 0.717) is 10.8 Å². The number of hydrogen-bond donors (Lipinski definition) is 1. The van der Waals surface area contributed by atoms with Crippen molar-refractivity contribution in [1.29, 1.82) is 0 Å². The van der Waals surface area contributed by atoms with Gasteiger partial charge in [-0.05, 0) is 24.6 Å². The smallest absolute Gasteiger partial charge is 0.303 e. The fraction of sp³-hybridized carbons (Fsp3) is 0.308. The largest absolute Gasteiger partial charge is 0.319 e. The lowest BCUT2D eigenvalue weighted by molar-refractivity contribution is 0.0665. The Morgan fingerprint density at radius 3 is 2.89 bits per heavy atom. The summed E-state index contributed by atoms with van der Waals surface area (Å²) in [6.45, 7) is -0.354. The van der Waals surface area contributed by atoms with Gasteiger partial charge in [-0.3, -0.25) is 4.57 Å². The van der Waals surface area contributed by atoms with Crippen molar-refractivity contribution in [2.24, 2.45) is 0 Å². The number of rotatable bonds is 5. The number of nitrogens with one attached hydrogen (secondary N) is 1. The molecule has 1 aromatic heterocycles. The van der Waals surface area contributed by atoms with Crippen molar-refractivity contribution >= 4 is 11.6 Å². The van der Waals surface area contributed by atoms with Crippen LogP contribution in [0.2, 0.25) is 5.02 Å². The van der Waals surface area contributed by atoms with Crippen molar-refractivity contribution in [3.63, 3.8) is 0 Å².